The highest BCUT2D eigenvalue weighted by atomic mass is 35.5. The first kappa shape index (κ1) is 12.6. The summed E-state index contributed by atoms with van der Waals surface area (Å²) in [7, 11) is 0. The van der Waals surface area contributed by atoms with E-state index in [9.17, 15) is 0 Å². The second-order valence-electron chi connectivity index (χ2n) is 4.20. The molecule has 2 heterocycles. The summed E-state index contributed by atoms with van der Waals surface area (Å²) in [5.74, 6) is 1.41. The first-order valence-corrected chi connectivity index (χ1v) is 6.36. The Labute approximate surface area is 120 Å². The van der Waals surface area contributed by atoms with Crippen LogP contribution in [0.5, 0.6) is 0 Å². The lowest BCUT2D eigenvalue weighted by Crippen LogP contribution is -1.85. The SMILES string of the molecule is Cc1c(Cl)cccc1-c1ccc(/C=N/n2cnnc2)o1. The van der Waals surface area contributed by atoms with Gasteiger partial charge in [-0.1, -0.05) is 23.7 Å². The molecule has 0 spiro atoms. The van der Waals surface area contributed by atoms with E-state index >= 15 is 0 Å². The lowest BCUT2D eigenvalue weighted by Gasteiger charge is -2.03. The van der Waals surface area contributed by atoms with E-state index in [0.29, 0.717) is 5.76 Å². The predicted octanol–water partition coefficient (Wildman–Crippen LogP) is 3.38. The molecule has 1 aromatic carbocycles. The Morgan fingerprint density at radius 3 is 2.80 bits per heavy atom. The van der Waals surface area contributed by atoms with Crippen molar-refractivity contribution in [1.29, 1.82) is 0 Å². The van der Waals surface area contributed by atoms with Gasteiger partial charge in [0.05, 0.1) is 6.21 Å². The van der Waals surface area contributed by atoms with Crippen LogP contribution in [-0.2, 0) is 0 Å². The molecule has 0 atom stereocenters. The topological polar surface area (TPSA) is 56.2 Å². The van der Waals surface area contributed by atoms with Gasteiger partial charge in [0.1, 0.15) is 24.2 Å². The summed E-state index contributed by atoms with van der Waals surface area (Å²) < 4.78 is 7.23. The molecule has 2 aromatic heterocycles. The van der Waals surface area contributed by atoms with Gasteiger partial charge in [-0.05, 0) is 30.7 Å². The molecule has 0 aliphatic heterocycles. The standard InChI is InChI=1S/C14H11ClN4O/c1-10-12(3-2-4-13(10)15)14-6-5-11(20-14)7-18-19-8-16-17-9-19/h2-9H,1H3/b18-7+. The normalized spacial score (nSPS) is 11.3. The predicted molar refractivity (Wildman–Crippen MR) is 76.9 cm³/mol. The molecule has 0 unspecified atom stereocenters. The quantitative estimate of drug-likeness (QED) is 0.694. The van der Waals surface area contributed by atoms with E-state index in [0.717, 1.165) is 21.9 Å². The van der Waals surface area contributed by atoms with Crippen molar-refractivity contribution in [3.63, 3.8) is 0 Å². The highest BCUT2D eigenvalue weighted by Gasteiger charge is 2.08. The van der Waals surface area contributed by atoms with Crippen molar-refractivity contribution < 1.29 is 4.42 Å². The molecule has 100 valence electrons. The van der Waals surface area contributed by atoms with Gasteiger partial charge in [0, 0.05) is 10.6 Å². The molecule has 3 rings (SSSR count). The maximum Gasteiger partial charge on any atom is 0.147 e. The summed E-state index contributed by atoms with van der Waals surface area (Å²) in [6, 6.07) is 9.48. The maximum atomic E-state index is 6.11. The summed E-state index contributed by atoms with van der Waals surface area (Å²) >= 11 is 6.11. The Kier molecular flexibility index (Phi) is 3.35. The summed E-state index contributed by atoms with van der Waals surface area (Å²) in [5, 5.41) is 12.2. The van der Waals surface area contributed by atoms with Gasteiger partial charge in [0.25, 0.3) is 0 Å². The van der Waals surface area contributed by atoms with Crippen LogP contribution in [0.2, 0.25) is 5.02 Å². The van der Waals surface area contributed by atoms with E-state index in [4.69, 9.17) is 16.0 Å². The van der Waals surface area contributed by atoms with Crippen LogP contribution >= 0.6 is 11.6 Å². The van der Waals surface area contributed by atoms with E-state index in [2.05, 4.69) is 15.3 Å². The van der Waals surface area contributed by atoms with Crippen molar-refractivity contribution >= 4 is 17.8 Å². The third-order valence-electron chi connectivity index (χ3n) is 2.88. The van der Waals surface area contributed by atoms with E-state index in [1.807, 2.05) is 37.3 Å². The average molecular weight is 287 g/mol. The van der Waals surface area contributed by atoms with Crippen molar-refractivity contribution in [1.82, 2.24) is 14.9 Å². The number of halogens is 1. The van der Waals surface area contributed by atoms with Gasteiger partial charge in [-0.15, -0.1) is 10.2 Å². The molecule has 3 aromatic rings. The number of furan rings is 1. The summed E-state index contributed by atoms with van der Waals surface area (Å²) in [6.07, 6.45) is 4.61. The highest BCUT2D eigenvalue weighted by Crippen LogP contribution is 2.29. The second-order valence-corrected chi connectivity index (χ2v) is 4.61. The molecule has 0 radical (unpaired) electrons. The van der Waals surface area contributed by atoms with Gasteiger partial charge in [-0.25, -0.2) is 4.68 Å². The van der Waals surface area contributed by atoms with E-state index in [1.54, 1.807) is 6.21 Å². The Bertz CT molecular complexity index is 746. The largest absolute Gasteiger partial charge is 0.455 e. The van der Waals surface area contributed by atoms with Gasteiger partial charge in [-0.3, -0.25) is 0 Å². The number of nitrogens with zero attached hydrogens (tertiary/aromatic N) is 4. The van der Waals surface area contributed by atoms with Crippen LogP contribution in [0.3, 0.4) is 0 Å². The van der Waals surface area contributed by atoms with Gasteiger partial charge in [-0.2, -0.15) is 5.10 Å². The fourth-order valence-electron chi connectivity index (χ4n) is 1.82. The van der Waals surface area contributed by atoms with E-state index in [-0.39, 0.29) is 0 Å². The zero-order valence-corrected chi connectivity index (χ0v) is 11.4. The van der Waals surface area contributed by atoms with Crippen LogP contribution in [0.1, 0.15) is 11.3 Å². The zero-order valence-electron chi connectivity index (χ0n) is 10.7. The Morgan fingerprint density at radius 1 is 1.20 bits per heavy atom. The first-order chi connectivity index (χ1) is 9.74. The zero-order chi connectivity index (χ0) is 13.9. The Balaban J connectivity index is 1.89. The first-order valence-electron chi connectivity index (χ1n) is 5.98. The van der Waals surface area contributed by atoms with Gasteiger partial charge in [0.15, 0.2) is 0 Å². The van der Waals surface area contributed by atoms with Gasteiger partial charge in [0.2, 0.25) is 0 Å². The highest BCUT2D eigenvalue weighted by molar-refractivity contribution is 6.31. The molecular weight excluding hydrogens is 276 g/mol. The fraction of sp³-hybridized carbons (Fsp3) is 0.0714. The number of hydrogen-bond acceptors (Lipinski definition) is 4. The van der Waals surface area contributed by atoms with Crippen LogP contribution in [-0.4, -0.2) is 21.1 Å². The molecule has 0 aliphatic carbocycles. The minimum Gasteiger partial charge on any atom is -0.455 e. The third-order valence-corrected chi connectivity index (χ3v) is 3.29. The maximum absolute atomic E-state index is 6.11. The van der Waals surface area contributed by atoms with Gasteiger partial charge >= 0.3 is 0 Å². The Hall–Kier alpha value is -2.40. The summed E-state index contributed by atoms with van der Waals surface area (Å²) in [5.41, 5.74) is 1.97. The van der Waals surface area contributed by atoms with Crippen molar-refractivity contribution in [2.75, 3.05) is 0 Å². The minimum absolute atomic E-state index is 0.646. The molecule has 0 N–H and O–H groups in total. The van der Waals surface area contributed by atoms with Crippen molar-refractivity contribution in [3.8, 4) is 11.3 Å². The third kappa shape index (κ3) is 2.48. The van der Waals surface area contributed by atoms with E-state index in [1.165, 1.54) is 17.3 Å². The fourth-order valence-corrected chi connectivity index (χ4v) is 1.99. The molecule has 0 bridgehead atoms. The molecule has 0 amide bonds. The average Bonchev–Trinajstić information content (AvgIpc) is 3.10. The minimum atomic E-state index is 0.646. The monoisotopic (exact) mass is 286 g/mol. The number of benzene rings is 1. The van der Waals surface area contributed by atoms with Crippen LogP contribution in [0, 0.1) is 6.92 Å². The summed E-state index contributed by atoms with van der Waals surface area (Å²) in [4.78, 5) is 0. The van der Waals surface area contributed by atoms with Crippen LogP contribution in [0.25, 0.3) is 11.3 Å². The van der Waals surface area contributed by atoms with Crippen molar-refractivity contribution in [2.24, 2.45) is 5.10 Å². The van der Waals surface area contributed by atoms with Crippen LogP contribution in [0.15, 0.2) is 52.5 Å². The molecule has 0 saturated heterocycles. The number of rotatable bonds is 3. The lowest BCUT2D eigenvalue weighted by atomic mass is 10.1. The van der Waals surface area contributed by atoms with Crippen molar-refractivity contribution in [3.05, 3.63) is 59.3 Å². The number of aromatic nitrogens is 3. The lowest BCUT2D eigenvalue weighted by molar-refractivity contribution is 0.574. The molecule has 20 heavy (non-hydrogen) atoms. The molecular formula is C14H11ClN4O. The molecule has 0 saturated carbocycles. The smallest absolute Gasteiger partial charge is 0.147 e. The van der Waals surface area contributed by atoms with Crippen molar-refractivity contribution in [2.45, 2.75) is 6.92 Å². The molecule has 5 nitrogen and oxygen atoms in total. The second kappa shape index (κ2) is 5.30. The van der Waals surface area contributed by atoms with Gasteiger partial charge < -0.3 is 4.42 Å². The van der Waals surface area contributed by atoms with E-state index < -0.39 is 0 Å². The molecule has 6 heteroatoms. The Morgan fingerprint density at radius 2 is 2.00 bits per heavy atom. The molecule has 0 fully saturated rings. The summed E-state index contributed by atoms with van der Waals surface area (Å²) in [6.45, 7) is 1.96. The van der Waals surface area contributed by atoms with Crippen LogP contribution in [0.4, 0.5) is 0 Å². The van der Waals surface area contributed by atoms with Crippen LogP contribution < -0.4 is 0 Å². The number of hydrogen-bond donors (Lipinski definition) is 0. The molecule has 0 aliphatic rings.